The van der Waals surface area contributed by atoms with Crippen LogP contribution in [0, 0.1) is 0 Å². The average molecular weight is 522 g/mol. The first-order valence-corrected chi connectivity index (χ1v) is 13.1. The third-order valence-corrected chi connectivity index (χ3v) is 7.40. The number of likely N-dealkylation sites (tertiary alicyclic amines) is 1. The Bertz CT molecular complexity index is 1110. The Kier molecular flexibility index (Phi) is 7.89. The predicted molar refractivity (Wildman–Crippen MR) is 135 cm³/mol. The van der Waals surface area contributed by atoms with Gasteiger partial charge in [0.25, 0.3) is 18.2 Å². The van der Waals surface area contributed by atoms with E-state index in [2.05, 4.69) is 20.6 Å². The van der Waals surface area contributed by atoms with Gasteiger partial charge in [0.15, 0.2) is 5.01 Å². The second-order valence-electron chi connectivity index (χ2n) is 10.4. The summed E-state index contributed by atoms with van der Waals surface area (Å²) in [6, 6.07) is 1.26. The lowest BCUT2D eigenvalue weighted by atomic mass is 10.1. The van der Waals surface area contributed by atoms with Crippen LogP contribution in [-0.4, -0.2) is 64.1 Å². The van der Waals surface area contributed by atoms with Crippen LogP contribution in [0.4, 0.5) is 14.6 Å². The SMILES string of the molecule is CC1CCCN1C(=O)c1nc(C(=O)NC2CCOCC2)sc1-c1cnc(NC(C)(C)C)cc1C(F)F. The maximum Gasteiger partial charge on any atom is 0.280 e. The van der Waals surface area contributed by atoms with Crippen molar-refractivity contribution in [2.45, 2.75) is 77.4 Å². The molecule has 2 N–H and O–H groups in total. The molecule has 36 heavy (non-hydrogen) atoms. The molecule has 8 nitrogen and oxygen atoms in total. The van der Waals surface area contributed by atoms with Gasteiger partial charge in [0.1, 0.15) is 11.5 Å². The standard InChI is InChI=1S/C25H33F2N5O3S/c1-14-6-5-9-32(14)24(34)19-20(36-23(30-19)22(33)29-15-7-10-35-11-8-15)17-13-28-18(31-25(2,3)4)12-16(17)21(26)27/h12-15,21H,5-11H2,1-4H3,(H,28,31)(H,29,33). The summed E-state index contributed by atoms with van der Waals surface area (Å²) in [6.07, 6.45) is 1.62. The Morgan fingerprint density at radius 1 is 1.22 bits per heavy atom. The fourth-order valence-corrected chi connectivity index (χ4v) is 5.49. The molecule has 0 aromatic carbocycles. The van der Waals surface area contributed by atoms with Gasteiger partial charge in [-0.25, -0.2) is 18.7 Å². The molecule has 1 atom stereocenters. The van der Waals surface area contributed by atoms with Gasteiger partial charge in [0, 0.05) is 54.7 Å². The lowest BCUT2D eigenvalue weighted by Crippen LogP contribution is -2.39. The summed E-state index contributed by atoms with van der Waals surface area (Å²) in [5.41, 5.74) is -0.505. The summed E-state index contributed by atoms with van der Waals surface area (Å²) in [5, 5.41) is 6.13. The van der Waals surface area contributed by atoms with Crippen LogP contribution < -0.4 is 10.6 Å². The molecular weight excluding hydrogens is 488 g/mol. The number of alkyl halides is 2. The van der Waals surface area contributed by atoms with E-state index in [1.807, 2.05) is 27.7 Å². The summed E-state index contributed by atoms with van der Waals surface area (Å²) in [4.78, 5) is 37.2. The zero-order valence-corrected chi connectivity index (χ0v) is 21.9. The normalized spacial score (nSPS) is 19.1. The van der Waals surface area contributed by atoms with Crippen LogP contribution in [-0.2, 0) is 4.74 Å². The van der Waals surface area contributed by atoms with Crippen molar-refractivity contribution in [2.75, 3.05) is 25.1 Å². The topological polar surface area (TPSA) is 96.5 Å². The number of nitrogens with one attached hydrogen (secondary N) is 2. The number of pyridine rings is 1. The number of carbonyl (C=O) groups is 2. The first kappa shape index (κ1) is 26.4. The Balaban J connectivity index is 1.75. The van der Waals surface area contributed by atoms with Crippen LogP contribution in [0.25, 0.3) is 10.4 Å². The van der Waals surface area contributed by atoms with E-state index in [9.17, 15) is 18.4 Å². The Hall–Kier alpha value is -2.66. The maximum atomic E-state index is 14.2. The Labute approximate surface area is 213 Å². The average Bonchev–Trinajstić information content (AvgIpc) is 3.45. The van der Waals surface area contributed by atoms with Crippen molar-refractivity contribution in [3.8, 4) is 10.4 Å². The highest BCUT2D eigenvalue weighted by Crippen LogP contribution is 2.39. The molecule has 0 aliphatic carbocycles. The number of amides is 2. The highest BCUT2D eigenvalue weighted by Gasteiger charge is 2.33. The number of rotatable bonds is 6. The summed E-state index contributed by atoms with van der Waals surface area (Å²) >= 11 is 0.953. The van der Waals surface area contributed by atoms with Crippen molar-refractivity contribution in [1.29, 1.82) is 0 Å². The van der Waals surface area contributed by atoms with Gasteiger partial charge in [-0.3, -0.25) is 9.59 Å². The van der Waals surface area contributed by atoms with E-state index in [0.717, 1.165) is 24.2 Å². The number of hydrogen-bond acceptors (Lipinski definition) is 7. The van der Waals surface area contributed by atoms with Crippen LogP contribution >= 0.6 is 11.3 Å². The van der Waals surface area contributed by atoms with Crippen LogP contribution in [0.5, 0.6) is 0 Å². The fourth-order valence-electron chi connectivity index (χ4n) is 4.50. The minimum absolute atomic E-state index is 0.0117. The van der Waals surface area contributed by atoms with Gasteiger partial charge in [-0.15, -0.1) is 11.3 Å². The molecule has 11 heteroatoms. The number of nitrogens with zero attached hydrogens (tertiary/aromatic N) is 3. The molecule has 4 heterocycles. The van der Waals surface area contributed by atoms with E-state index in [-0.39, 0.29) is 50.2 Å². The van der Waals surface area contributed by atoms with Gasteiger partial charge in [0.05, 0.1) is 4.88 Å². The third kappa shape index (κ3) is 6.00. The molecular formula is C25H33F2N5O3S. The zero-order chi connectivity index (χ0) is 26.0. The number of ether oxygens (including phenoxy) is 1. The predicted octanol–water partition coefficient (Wildman–Crippen LogP) is 4.89. The van der Waals surface area contributed by atoms with E-state index in [4.69, 9.17) is 4.74 Å². The second-order valence-corrected chi connectivity index (χ2v) is 11.4. The van der Waals surface area contributed by atoms with Crippen LogP contribution in [0.2, 0.25) is 0 Å². The van der Waals surface area contributed by atoms with Crippen molar-refractivity contribution in [3.63, 3.8) is 0 Å². The zero-order valence-electron chi connectivity index (χ0n) is 21.1. The molecule has 2 aromatic heterocycles. The van der Waals surface area contributed by atoms with Crippen molar-refractivity contribution < 1.29 is 23.1 Å². The van der Waals surface area contributed by atoms with Crippen LogP contribution in [0.3, 0.4) is 0 Å². The largest absolute Gasteiger partial charge is 0.381 e. The number of aromatic nitrogens is 2. The Morgan fingerprint density at radius 3 is 2.56 bits per heavy atom. The monoisotopic (exact) mass is 521 g/mol. The number of hydrogen-bond donors (Lipinski definition) is 2. The lowest BCUT2D eigenvalue weighted by Gasteiger charge is -2.23. The second kappa shape index (κ2) is 10.8. The smallest absolute Gasteiger partial charge is 0.280 e. The van der Waals surface area contributed by atoms with Gasteiger partial charge < -0.3 is 20.3 Å². The molecule has 4 rings (SSSR count). The molecule has 2 amide bonds. The minimum Gasteiger partial charge on any atom is -0.381 e. The molecule has 2 aliphatic heterocycles. The molecule has 0 radical (unpaired) electrons. The highest BCUT2D eigenvalue weighted by atomic mass is 32.1. The number of thiazole rings is 1. The number of anilines is 1. The molecule has 2 fully saturated rings. The first-order valence-electron chi connectivity index (χ1n) is 12.3. The van der Waals surface area contributed by atoms with E-state index in [1.165, 1.54) is 12.3 Å². The minimum atomic E-state index is -2.81. The van der Waals surface area contributed by atoms with Crippen molar-refractivity contribution in [1.82, 2.24) is 20.2 Å². The summed E-state index contributed by atoms with van der Waals surface area (Å²) in [5.74, 6) is -0.461. The summed E-state index contributed by atoms with van der Waals surface area (Å²) in [6.45, 7) is 9.36. The van der Waals surface area contributed by atoms with Crippen LogP contribution in [0.1, 0.15) is 85.7 Å². The molecule has 1 unspecified atom stereocenters. The van der Waals surface area contributed by atoms with E-state index in [1.54, 1.807) is 4.90 Å². The Morgan fingerprint density at radius 2 is 1.94 bits per heavy atom. The molecule has 2 aliphatic rings. The summed E-state index contributed by atoms with van der Waals surface area (Å²) < 4.78 is 33.8. The molecule has 0 saturated carbocycles. The van der Waals surface area contributed by atoms with E-state index < -0.39 is 12.3 Å². The van der Waals surface area contributed by atoms with Gasteiger partial charge in [0.2, 0.25) is 0 Å². The molecule has 0 bridgehead atoms. The maximum absolute atomic E-state index is 14.2. The van der Waals surface area contributed by atoms with Gasteiger partial charge in [-0.2, -0.15) is 0 Å². The number of halogens is 2. The third-order valence-electron chi connectivity index (χ3n) is 6.31. The molecule has 0 spiro atoms. The van der Waals surface area contributed by atoms with Gasteiger partial charge >= 0.3 is 0 Å². The van der Waals surface area contributed by atoms with Crippen molar-refractivity contribution in [2.24, 2.45) is 0 Å². The van der Waals surface area contributed by atoms with Crippen molar-refractivity contribution >= 4 is 29.0 Å². The molecule has 2 aromatic rings. The van der Waals surface area contributed by atoms with Gasteiger partial charge in [-0.05, 0) is 59.4 Å². The first-order chi connectivity index (χ1) is 17.0. The van der Waals surface area contributed by atoms with E-state index in [0.29, 0.717) is 38.4 Å². The van der Waals surface area contributed by atoms with E-state index >= 15 is 0 Å². The summed E-state index contributed by atoms with van der Waals surface area (Å²) in [7, 11) is 0. The van der Waals surface area contributed by atoms with Crippen molar-refractivity contribution in [3.05, 3.63) is 28.5 Å². The number of carbonyl (C=O) groups excluding carboxylic acids is 2. The fraction of sp³-hybridized carbons (Fsp3) is 0.600. The quantitative estimate of drug-likeness (QED) is 0.562. The van der Waals surface area contributed by atoms with Gasteiger partial charge in [-0.1, -0.05) is 0 Å². The van der Waals surface area contributed by atoms with Crippen LogP contribution in [0.15, 0.2) is 12.3 Å². The lowest BCUT2D eigenvalue weighted by molar-refractivity contribution is 0.0696. The highest BCUT2D eigenvalue weighted by molar-refractivity contribution is 7.17. The molecule has 2 saturated heterocycles. The molecule has 196 valence electrons.